The fourth-order valence-electron chi connectivity index (χ4n) is 1.71. The van der Waals surface area contributed by atoms with Crippen molar-refractivity contribution in [3.8, 4) is 0 Å². The number of sulfonamides is 1. The van der Waals surface area contributed by atoms with Crippen LogP contribution >= 0.6 is 0 Å². The first-order chi connectivity index (χ1) is 8.45. The predicted molar refractivity (Wildman–Crippen MR) is 71.6 cm³/mol. The van der Waals surface area contributed by atoms with E-state index >= 15 is 0 Å². The molecule has 1 rings (SSSR count). The molecule has 0 radical (unpaired) electrons. The first kappa shape index (κ1) is 15.1. The number of aromatic nitrogens is 2. The molecule has 0 atom stereocenters. The molecule has 0 fully saturated rings. The zero-order valence-electron chi connectivity index (χ0n) is 11.3. The lowest BCUT2D eigenvalue weighted by atomic mass is 10.4. The van der Waals surface area contributed by atoms with Gasteiger partial charge in [0.15, 0.2) is 0 Å². The van der Waals surface area contributed by atoms with Gasteiger partial charge in [-0.3, -0.25) is 0 Å². The van der Waals surface area contributed by atoms with Crippen molar-refractivity contribution in [2.45, 2.75) is 19.9 Å². The van der Waals surface area contributed by atoms with Gasteiger partial charge in [-0.1, -0.05) is 6.92 Å². The summed E-state index contributed by atoms with van der Waals surface area (Å²) in [5, 5.41) is 3.28. The standard InChI is InChI=1S/C11H22N4O2S/c1-4-15(18(3,16)17)7-5-6-12-8-11-9-13-10-14(11)2/h9-10,12H,4-8H2,1-3H3. The summed E-state index contributed by atoms with van der Waals surface area (Å²) in [4.78, 5) is 4.03. The van der Waals surface area contributed by atoms with Gasteiger partial charge in [0.2, 0.25) is 10.0 Å². The average molecular weight is 274 g/mol. The largest absolute Gasteiger partial charge is 0.337 e. The quantitative estimate of drug-likeness (QED) is 0.687. The van der Waals surface area contributed by atoms with E-state index in [4.69, 9.17) is 0 Å². The maximum atomic E-state index is 11.4. The second kappa shape index (κ2) is 6.86. The van der Waals surface area contributed by atoms with Crippen LogP contribution in [0.15, 0.2) is 12.5 Å². The lowest BCUT2D eigenvalue weighted by Gasteiger charge is -2.17. The first-order valence-electron chi connectivity index (χ1n) is 6.06. The zero-order valence-corrected chi connectivity index (χ0v) is 12.1. The van der Waals surface area contributed by atoms with E-state index in [2.05, 4.69) is 10.3 Å². The number of aryl methyl sites for hydroxylation is 1. The SMILES string of the molecule is CCN(CCCNCc1cncn1C)S(C)(=O)=O. The molecule has 0 amide bonds. The predicted octanol–water partition coefficient (Wildman–Crippen LogP) is 0.181. The Bertz CT molecular complexity index is 455. The van der Waals surface area contributed by atoms with E-state index < -0.39 is 10.0 Å². The normalized spacial score (nSPS) is 12.2. The van der Waals surface area contributed by atoms with E-state index in [-0.39, 0.29) is 0 Å². The topological polar surface area (TPSA) is 67.2 Å². The Kier molecular flexibility index (Phi) is 5.77. The third kappa shape index (κ3) is 4.75. The molecule has 0 saturated carbocycles. The van der Waals surface area contributed by atoms with Crippen molar-refractivity contribution < 1.29 is 8.42 Å². The van der Waals surface area contributed by atoms with Gasteiger partial charge in [0.05, 0.1) is 18.3 Å². The van der Waals surface area contributed by atoms with Crippen LogP contribution in [0.4, 0.5) is 0 Å². The van der Waals surface area contributed by atoms with E-state index in [1.807, 2.05) is 24.7 Å². The van der Waals surface area contributed by atoms with E-state index in [9.17, 15) is 8.42 Å². The number of imidazole rings is 1. The van der Waals surface area contributed by atoms with Gasteiger partial charge < -0.3 is 9.88 Å². The molecule has 0 saturated heterocycles. The summed E-state index contributed by atoms with van der Waals surface area (Å²) >= 11 is 0. The van der Waals surface area contributed by atoms with Gasteiger partial charge in [0, 0.05) is 32.9 Å². The summed E-state index contributed by atoms with van der Waals surface area (Å²) in [7, 11) is -1.11. The van der Waals surface area contributed by atoms with Crippen LogP contribution in [0.2, 0.25) is 0 Å². The molecule has 0 aliphatic rings. The summed E-state index contributed by atoms with van der Waals surface area (Å²) in [6.07, 6.45) is 5.64. The molecular weight excluding hydrogens is 252 g/mol. The lowest BCUT2D eigenvalue weighted by molar-refractivity contribution is 0.418. The molecule has 1 heterocycles. The smallest absolute Gasteiger partial charge is 0.211 e. The second-order valence-corrected chi connectivity index (χ2v) is 6.26. The fourth-order valence-corrected chi connectivity index (χ4v) is 2.64. The number of nitrogens with zero attached hydrogens (tertiary/aromatic N) is 3. The van der Waals surface area contributed by atoms with Gasteiger partial charge in [-0.05, 0) is 13.0 Å². The summed E-state index contributed by atoms with van der Waals surface area (Å²) in [6.45, 7) is 4.48. The van der Waals surface area contributed by atoms with Gasteiger partial charge in [-0.2, -0.15) is 0 Å². The van der Waals surface area contributed by atoms with E-state index in [0.717, 1.165) is 25.2 Å². The van der Waals surface area contributed by atoms with Crippen molar-refractivity contribution in [3.05, 3.63) is 18.2 Å². The van der Waals surface area contributed by atoms with Crippen LogP contribution in [0.1, 0.15) is 19.0 Å². The van der Waals surface area contributed by atoms with E-state index in [1.54, 1.807) is 6.33 Å². The van der Waals surface area contributed by atoms with Crippen LogP contribution in [-0.2, 0) is 23.6 Å². The maximum Gasteiger partial charge on any atom is 0.211 e. The third-order valence-corrected chi connectivity index (χ3v) is 4.18. The van der Waals surface area contributed by atoms with E-state index in [1.165, 1.54) is 10.6 Å². The minimum atomic E-state index is -3.06. The monoisotopic (exact) mass is 274 g/mol. The molecule has 1 N–H and O–H groups in total. The van der Waals surface area contributed by atoms with E-state index in [0.29, 0.717) is 13.1 Å². The van der Waals surface area contributed by atoms with Gasteiger partial charge in [-0.15, -0.1) is 0 Å². The van der Waals surface area contributed by atoms with Crippen molar-refractivity contribution >= 4 is 10.0 Å². The molecule has 1 aromatic heterocycles. The molecule has 0 aliphatic heterocycles. The lowest BCUT2D eigenvalue weighted by Crippen LogP contribution is -2.32. The fraction of sp³-hybridized carbons (Fsp3) is 0.727. The number of hydrogen-bond donors (Lipinski definition) is 1. The summed E-state index contributed by atoms with van der Waals surface area (Å²) < 4.78 is 26.1. The van der Waals surface area contributed by atoms with Crippen molar-refractivity contribution in [1.82, 2.24) is 19.2 Å². The highest BCUT2D eigenvalue weighted by Gasteiger charge is 2.12. The highest BCUT2D eigenvalue weighted by atomic mass is 32.2. The molecule has 18 heavy (non-hydrogen) atoms. The molecule has 0 aromatic carbocycles. The van der Waals surface area contributed by atoms with Crippen molar-refractivity contribution in [1.29, 1.82) is 0 Å². The molecule has 0 spiro atoms. The van der Waals surface area contributed by atoms with Gasteiger partial charge in [0.1, 0.15) is 0 Å². The zero-order chi connectivity index (χ0) is 13.6. The minimum Gasteiger partial charge on any atom is -0.337 e. The van der Waals surface area contributed by atoms with Crippen molar-refractivity contribution in [2.24, 2.45) is 7.05 Å². The molecule has 104 valence electrons. The van der Waals surface area contributed by atoms with Gasteiger partial charge >= 0.3 is 0 Å². The van der Waals surface area contributed by atoms with Crippen LogP contribution < -0.4 is 5.32 Å². The summed E-state index contributed by atoms with van der Waals surface area (Å²) in [5.41, 5.74) is 1.12. The first-order valence-corrected chi connectivity index (χ1v) is 7.91. The maximum absolute atomic E-state index is 11.4. The molecule has 6 nitrogen and oxygen atoms in total. The Balaban J connectivity index is 2.21. The van der Waals surface area contributed by atoms with Gasteiger partial charge in [-0.25, -0.2) is 17.7 Å². The number of rotatable bonds is 8. The summed E-state index contributed by atoms with van der Waals surface area (Å²) in [6, 6.07) is 0. The van der Waals surface area contributed by atoms with Crippen LogP contribution in [0, 0.1) is 0 Å². The van der Waals surface area contributed by atoms with Crippen molar-refractivity contribution in [3.63, 3.8) is 0 Å². The molecular formula is C11H22N4O2S. The third-order valence-electron chi connectivity index (χ3n) is 2.81. The Labute approximate surface area is 109 Å². The Morgan fingerprint density at radius 1 is 1.50 bits per heavy atom. The molecule has 0 aliphatic carbocycles. The summed E-state index contributed by atoms with van der Waals surface area (Å²) in [5.74, 6) is 0. The molecule has 0 bridgehead atoms. The second-order valence-electron chi connectivity index (χ2n) is 4.28. The van der Waals surface area contributed by atoms with Gasteiger partial charge in [0.25, 0.3) is 0 Å². The Morgan fingerprint density at radius 2 is 2.22 bits per heavy atom. The molecule has 7 heteroatoms. The Hall–Kier alpha value is -0.920. The highest BCUT2D eigenvalue weighted by molar-refractivity contribution is 7.88. The minimum absolute atomic E-state index is 0.528. The van der Waals surface area contributed by atoms with Crippen LogP contribution in [0.5, 0.6) is 0 Å². The number of hydrogen-bond acceptors (Lipinski definition) is 4. The van der Waals surface area contributed by atoms with Crippen molar-refractivity contribution in [2.75, 3.05) is 25.9 Å². The molecule has 1 aromatic rings. The molecule has 0 unspecified atom stereocenters. The highest BCUT2D eigenvalue weighted by Crippen LogP contribution is 1.99. The average Bonchev–Trinajstić information content (AvgIpc) is 2.67. The van der Waals surface area contributed by atoms with Crippen LogP contribution in [0.3, 0.4) is 0 Å². The van der Waals surface area contributed by atoms with Crippen LogP contribution in [-0.4, -0.2) is 48.2 Å². The number of nitrogens with one attached hydrogen (secondary N) is 1. The van der Waals surface area contributed by atoms with Crippen LogP contribution in [0.25, 0.3) is 0 Å². The Morgan fingerprint density at radius 3 is 2.72 bits per heavy atom.